The number of hydrogen-bond donors (Lipinski definition) is 1. The normalized spacial score (nSPS) is 10.9. The zero-order valence-corrected chi connectivity index (χ0v) is 18.5. The highest BCUT2D eigenvalue weighted by Gasteiger charge is 2.25. The lowest BCUT2D eigenvalue weighted by atomic mass is 10.1. The van der Waals surface area contributed by atoms with Gasteiger partial charge in [-0.25, -0.2) is 9.59 Å². The Kier molecular flexibility index (Phi) is 8.00. The van der Waals surface area contributed by atoms with Crippen molar-refractivity contribution in [2.75, 3.05) is 26.9 Å². The van der Waals surface area contributed by atoms with Crippen LogP contribution in [0, 0.1) is 27.7 Å². The van der Waals surface area contributed by atoms with E-state index >= 15 is 0 Å². The predicted octanol–water partition coefficient (Wildman–Crippen LogP) is 3.30. The summed E-state index contributed by atoms with van der Waals surface area (Å²) >= 11 is 0. The molecule has 0 aromatic carbocycles. The highest BCUT2D eigenvalue weighted by atomic mass is 16.5. The SMILES string of the molecule is CCOC(=O)c1c(C)[nH]c(C(=O)OCC(=O)c2cc(C)n(CCCOC)c2C)c1C. The zero-order chi connectivity index (χ0) is 22.4. The summed E-state index contributed by atoms with van der Waals surface area (Å²) in [6, 6.07) is 1.81. The molecule has 0 bridgehead atoms. The van der Waals surface area contributed by atoms with Crippen LogP contribution in [0.15, 0.2) is 6.07 Å². The van der Waals surface area contributed by atoms with Crippen molar-refractivity contribution in [1.82, 2.24) is 9.55 Å². The Bertz CT molecular complexity index is 938. The molecule has 0 unspecified atom stereocenters. The van der Waals surface area contributed by atoms with E-state index in [1.807, 2.05) is 13.8 Å². The Hall–Kier alpha value is -2.87. The molecule has 8 nitrogen and oxygen atoms in total. The molecule has 0 saturated heterocycles. The van der Waals surface area contributed by atoms with Crippen molar-refractivity contribution in [2.45, 2.75) is 47.6 Å². The minimum atomic E-state index is -0.687. The number of Topliss-reactive ketones (excluding diaryl/α,β-unsaturated/α-hetero) is 1. The Morgan fingerprint density at radius 2 is 1.77 bits per heavy atom. The molecule has 0 aliphatic rings. The maximum atomic E-state index is 12.6. The summed E-state index contributed by atoms with van der Waals surface area (Å²) in [4.78, 5) is 40.1. The van der Waals surface area contributed by atoms with Crippen molar-refractivity contribution < 1.29 is 28.6 Å². The van der Waals surface area contributed by atoms with E-state index in [4.69, 9.17) is 14.2 Å². The summed E-state index contributed by atoms with van der Waals surface area (Å²) in [5, 5.41) is 0. The second-order valence-electron chi connectivity index (χ2n) is 7.13. The number of carbonyl (C=O) groups is 3. The van der Waals surface area contributed by atoms with Gasteiger partial charge in [0, 0.05) is 42.9 Å². The third-order valence-electron chi connectivity index (χ3n) is 5.06. The fourth-order valence-corrected chi connectivity index (χ4v) is 3.54. The predicted molar refractivity (Wildman–Crippen MR) is 111 cm³/mol. The maximum Gasteiger partial charge on any atom is 0.355 e. The second kappa shape index (κ2) is 10.2. The van der Waals surface area contributed by atoms with E-state index in [9.17, 15) is 14.4 Å². The van der Waals surface area contributed by atoms with Crippen LogP contribution in [0.5, 0.6) is 0 Å². The van der Waals surface area contributed by atoms with Crippen molar-refractivity contribution in [3.8, 4) is 0 Å². The topological polar surface area (TPSA) is 99.6 Å². The highest BCUT2D eigenvalue weighted by Crippen LogP contribution is 2.21. The van der Waals surface area contributed by atoms with E-state index < -0.39 is 11.9 Å². The van der Waals surface area contributed by atoms with E-state index in [0.717, 1.165) is 24.4 Å². The van der Waals surface area contributed by atoms with Crippen LogP contribution >= 0.6 is 0 Å². The number of esters is 2. The van der Waals surface area contributed by atoms with Gasteiger partial charge in [-0.3, -0.25) is 4.79 Å². The van der Waals surface area contributed by atoms with Crippen LogP contribution in [0.1, 0.15) is 67.2 Å². The quantitative estimate of drug-likeness (QED) is 0.361. The zero-order valence-electron chi connectivity index (χ0n) is 18.5. The number of nitrogens with one attached hydrogen (secondary N) is 1. The molecule has 164 valence electrons. The molecule has 2 rings (SSSR count). The van der Waals surface area contributed by atoms with Gasteiger partial charge in [0.05, 0.1) is 12.2 Å². The van der Waals surface area contributed by atoms with Gasteiger partial charge < -0.3 is 23.8 Å². The number of ketones is 1. The van der Waals surface area contributed by atoms with Crippen LogP contribution < -0.4 is 0 Å². The maximum absolute atomic E-state index is 12.6. The van der Waals surface area contributed by atoms with Gasteiger partial charge in [0.25, 0.3) is 0 Å². The summed E-state index contributed by atoms with van der Waals surface area (Å²) in [7, 11) is 1.65. The van der Waals surface area contributed by atoms with Gasteiger partial charge in [0.15, 0.2) is 6.61 Å². The molecule has 0 aliphatic carbocycles. The number of ether oxygens (including phenoxy) is 3. The molecule has 0 radical (unpaired) electrons. The number of hydrogen-bond acceptors (Lipinski definition) is 6. The van der Waals surface area contributed by atoms with Crippen LogP contribution in [-0.4, -0.2) is 54.2 Å². The number of aromatic nitrogens is 2. The van der Waals surface area contributed by atoms with Gasteiger partial charge in [-0.2, -0.15) is 0 Å². The van der Waals surface area contributed by atoms with E-state index in [-0.39, 0.29) is 24.7 Å². The first-order chi connectivity index (χ1) is 14.2. The second-order valence-corrected chi connectivity index (χ2v) is 7.13. The van der Waals surface area contributed by atoms with Crippen molar-refractivity contribution >= 4 is 17.7 Å². The first kappa shape index (κ1) is 23.4. The van der Waals surface area contributed by atoms with Gasteiger partial charge in [-0.15, -0.1) is 0 Å². The van der Waals surface area contributed by atoms with E-state index in [1.165, 1.54) is 0 Å². The molecule has 0 spiro atoms. The Morgan fingerprint density at radius 1 is 1.07 bits per heavy atom. The smallest absolute Gasteiger partial charge is 0.355 e. The monoisotopic (exact) mass is 418 g/mol. The summed E-state index contributed by atoms with van der Waals surface area (Å²) in [6.45, 7) is 10.1. The van der Waals surface area contributed by atoms with Gasteiger partial charge in [0.2, 0.25) is 5.78 Å². The Balaban J connectivity index is 2.09. The van der Waals surface area contributed by atoms with Gasteiger partial charge in [-0.05, 0) is 52.7 Å². The van der Waals surface area contributed by atoms with E-state index in [0.29, 0.717) is 29.0 Å². The number of aryl methyl sites for hydroxylation is 2. The third-order valence-corrected chi connectivity index (χ3v) is 5.06. The number of rotatable bonds is 10. The molecular formula is C22H30N2O6. The molecule has 0 saturated carbocycles. The van der Waals surface area contributed by atoms with Crippen LogP contribution in [0.2, 0.25) is 0 Å². The molecule has 0 aliphatic heterocycles. The van der Waals surface area contributed by atoms with E-state index in [1.54, 1.807) is 33.9 Å². The molecule has 2 aromatic rings. The number of carbonyl (C=O) groups excluding carboxylic acids is 3. The lowest BCUT2D eigenvalue weighted by molar-refractivity contribution is 0.0468. The lowest BCUT2D eigenvalue weighted by Gasteiger charge is -2.09. The molecule has 2 heterocycles. The van der Waals surface area contributed by atoms with Crippen LogP contribution in [-0.2, 0) is 20.8 Å². The highest BCUT2D eigenvalue weighted by molar-refractivity contribution is 6.02. The first-order valence-corrected chi connectivity index (χ1v) is 9.95. The average molecular weight is 418 g/mol. The van der Waals surface area contributed by atoms with Gasteiger partial charge >= 0.3 is 11.9 Å². The molecule has 1 N–H and O–H groups in total. The van der Waals surface area contributed by atoms with Crippen LogP contribution in [0.3, 0.4) is 0 Å². The molecular weight excluding hydrogens is 388 g/mol. The van der Waals surface area contributed by atoms with Crippen molar-refractivity contribution in [3.05, 3.63) is 45.5 Å². The average Bonchev–Trinajstić information content (AvgIpc) is 3.15. The van der Waals surface area contributed by atoms with Gasteiger partial charge in [0.1, 0.15) is 5.69 Å². The molecule has 0 atom stereocenters. The third kappa shape index (κ3) is 4.99. The van der Waals surface area contributed by atoms with Crippen LogP contribution in [0.25, 0.3) is 0 Å². The van der Waals surface area contributed by atoms with Gasteiger partial charge in [-0.1, -0.05) is 0 Å². The minimum Gasteiger partial charge on any atom is -0.462 e. The number of nitrogens with zero attached hydrogens (tertiary/aromatic N) is 1. The standard InChI is InChI=1S/C22H30N2O6/c1-7-29-21(26)19-14(3)20(23-15(19)4)22(27)30-12-18(25)17-11-13(2)24(16(17)5)9-8-10-28-6/h11,23H,7-10,12H2,1-6H3. The molecule has 0 fully saturated rings. The fraction of sp³-hybridized carbons (Fsp3) is 0.500. The van der Waals surface area contributed by atoms with Crippen molar-refractivity contribution in [3.63, 3.8) is 0 Å². The summed E-state index contributed by atoms with van der Waals surface area (Å²) in [5.74, 6) is -1.46. The molecule has 0 amide bonds. The van der Waals surface area contributed by atoms with Crippen molar-refractivity contribution in [2.24, 2.45) is 0 Å². The fourth-order valence-electron chi connectivity index (χ4n) is 3.54. The largest absolute Gasteiger partial charge is 0.462 e. The first-order valence-electron chi connectivity index (χ1n) is 9.95. The van der Waals surface area contributed by atoms with E-state index in [2.05, 4.69) is 9.55 Å². The van der Waals surface area contributed by atoms with Crippen LogP contribution in [0.4, 0.5) is 0 Å². The summed E-state index contributed by atoms with van der Waals surface area (Å²) < 4.78 is 17.4. The molecule has 8 heteroatoms. The molecule has 30 heavy (non-hydrogen) atoms. The number of H-pyrrole nitrogens is 1. The minimum absolute atomic E-state index is 0.147. The Labute approximate surface area is 176 Å². The number of aromatic amines is 1. The van der Waals surface area contributed by atoms with Crippen molar-refractivity contribution in [1.29, 1.82) is 0 Å². The summed E-state index contributed by atoms with van der Waals surface area (Å²) in [6.07, 6.45) is 0.837. The summed E-state index contributed by atoms with van der Waals surface area (Å²) in [5.41, 5.74) is 3.75. The lowest BCUT2D eigenvalue weighted by Crippen LogP contribution is -2.16. The molecule has 2 aromatic heterocycles. The number of methoxy groups -OCH3 is 1. The Morgan fingerprint density at radius 3 is 2.40 bits per heavy atom.